The van der Waals surface area contributed by atoms with Crippen LogP contribution in [0, 0.1) is 17.8 Å². The van der Waals surface area contributed by atoms with Gasteiger partial charge in [0.25, 0.3) is 0 Å². The van der Waals surface area contributed by atoms with Crippen LogP contribution in [-0.4, -0.2) is 6.29 Å². The van der Waals surface area contributed by atoms with Crippen molar-refractivity contribution < 1.29 is 4.79 Å². The maximum absolute atomic E-state index is 10.6. The van der Waals surface area contributed by atoms with Gasteiger partial charge in [-0.1, -0.05) is 30.3 Å². The summed E-state index contributed by atoms with van der Waals surface area (Å²) in [5.74, 6) is 2.69. The van der Waals surface area contributed by atoms with Gasteiger partial charge in [-0.05, 0) is 36.2 Å². The lowest BCUT2D eigenvalue weighted by Gasteiger charge is -1.97. The molecule has 72 valence electrons. The summed E-state index contributed by atoms with van der Waals surface area (Å²) in [5.41, 5.74) is 1.47. The molecule has 1 aromatic carbocycles. The van der Waals surface area contributed by atoms with Gasteiger partial charge in [0, 0.05) is 5.92 Å². The second-order valence-electron chi connectivity index (χ2n) is 4.62. The van der Waals surface area contributed by atoms with Gasteiger partial charge in [0.1, 0.15) is 6.29 Å². The van der Waals surface area contributed by atoms with E-state index in [1.54, 1.807) is 0 Å². The van der Waals surface area contributed by atoms with Gasteiger partial charge in [0.05, 0.1) is 0 Å². The molecular weight excluding hydrogens is 172 g/mol. The molecule has 14 heavy (non-hydrogen) atoms. The van der Waals surface area contributed by atoms with Crippen LogP contribution in [0.2, 0.25) is 0 Å². The highest BCUT2D eigenvalue weighted by atomic mass is 16.1. The molecule has 1 aromatic rings. The maximum Gasteiger partial charge on any atom is 0.123 e. The fourth-order valence-electron chi connectivity index (χ4n) is 2.66. The Kier molecular flexibility index (Phi) is 1.73. The molecule has 0 spiro atoms. The van der Waals surface area contributed by atoms with Crippen molar-refractivity contribution in [3.8, 4) is 0 Å². The SMILES string of the molecule is O=CC1CC1[C@@H]1C[C@H]1c1ccccc1. The van der Waals surface area contributed by atoms with Crippen LogP contribution >= 0.6 is 0 Å². The number of carbonyl (C=O) groups excluding carboxylic acids is 1. The summed E-state index contributed by atoms with van der Waals surface area (Å²) in [7, 11) is 0. The predicted octanol–water partition coefficient (Wildman–Crippen LogP) is 2.63. The van der Waals surface area contributed by atoms with Crippen molar-refractivity contribution in [2.75, 3.05) is 0 Å². The molecule has 2 aliphatic carbocycles. The molecule has 0 amide bonds. The minimum Gasteiger partial charge on any atom is -0.303 e. The Balaban J connectivity index is 1.67. The highest BCUT2D eigenvalue weighted by Gasteiger charge is 2.53. The van der Waals surface area contributed by atoms with E-state index in [1.807, 2.05) is 0 Å². The zero-order chi connectivity index (χ0) is 9.54. The molecule has 3 rings (SSSR count). The molecule has 2 unspecified atom stereocenters. The Morgan fingerprint density at radius 3 is 2.50 bits per heavy atom. The van der Waals surface area contributed by atoms with E-state index in [1.165, 1.54) is 12.0 Å². The number of benzene rings is 1. The Bertz CT molecular complexity index is 344. The van der Waals surface area contributed by atoms with Crippen molar-refractivity contribution in [1.29, 1.82) is 0 Å². The monoisotopic (exact) mass is 186 g/mol. The van der Waals surface area contributed by atoms with Crippen molar-refractivity contribution in [2.45, 2.75) is 18.8 Å². The van der Waals surface area contributed by atoms with E-state index in [4.69, 9.17) is 0 Å². The third-order valence-electron chi connectivity index (χ3n) is 3.68. The maximum atomic E-state index is 10.6. The van der Waals surface area contributed by atoms with E-state index < -0.39 is 0 Å². The average molecular weight is 186 g/mol. The quantitative estimate of drug-likeness (QED) is 0.663. The van der Waals surface area contributed by atoms with Crippen LogP contribution in [0.4, 0.5) is 0 Å². The van der Waals surface area contributed by atoms with Crippen LogP contribution in [0.15, 0.2) is 30.3 Å². The summed E-state index contributed by atoms with van der Waals surface area (Å²) in [6, 6.07) is 10.7. The van der Waals surface area contributed by atoms with E-state index in [2.05, 4.69) is 30.3 Å². The Morgan fingerprint density at radius 2 is 1.86 bits per heavy atom. The van der Waals surface area contributed by atoms with E-state index in [9.17, 15) is 4.79 Å². The minimum atomic E-state index is 0.397. The first kappa shape index (κ1) is 8.22. The molecule has 0 heterocycles. The van der Waals surface area contributed by atoms with Crippen molar-refractivity contribution in [1.82, 2.24) is 0 Å². The summed E-state index contributed by atoms with van der Waals surface area (Å²) in [6.07, 6.45) is 3.60. The van der Waals surface area contributed by atoms with Crippen molar-refractivity contribution >= 4 is 6.29 Å². The number of hydrogen-bond donors (Lipinski definition) is 0. The minimum absolute atomic E-state index is 0.397. The molecule has 1 heteroatoms. The highest BCUT2D eigenvalue weighted by molar-refractivity contribution is 5.58. The Labute approximate surface area is 84.1 Å². The highest BCUT2D eigenvalue weighted by Crippen LogP contribution is 2.61. The molecule has 4 atom stereocenters. The van der Waals surface area contributed by atoms with Gasteiger partial charge in [-0.15, -0.1) is 0 Å². The van der Waals surface area contributed by atoms with Gasteiger partial charge < -0.3 is 4.79 Å². The standard InChI is InChI=1S/C13H14O/c14-8-10-6-11(10)13-7-12(13)9-4-2-1-3-5-9/h1-5,8,10-13H,6-7H2/t10?,11?,12-,13-/m0/s1. The fraction of sp³-hybridized carbons (Fsp3) is 0.462. The van der Waals surface area contributed by atoms with E-state index in [-0.39, 0.29) is 0 Å². The summed E-state index contributed by atoms with van der Waals surface area (Å²) >= 11 is 0. The number of aldehydes is 1. The number of hydrogen-bond acceptors (Lipinski definition) is 1. The lowest BCUT2D eigenvalue weighted by molar-refractivity contribution is -0.109. The summed E-state index contributed by atoms with van der Waals surface area (Å²) in [6.45, 7) is 0. The molecule has 0 N–H and O–H groups in total. The second kappa shape index (κ2) is 2.94. The first-order valence-electron chi connectivity index (χ1n) is 5.40. The fourth-order valence-corrected chi connectivity index (χ4v) is 2.66. The third-order valence-corrected chi connectivity index (χ3v) is 3.68. The van der Waals surface area contributed by atoms with E-state index >= 15 is 0 Å². The van der Waals surface area contributed by atoms with Crippen LogP contribution < -0.4 is 0 Å². The first-order chi connectivity index (χ1) is 6.90. The largest absolute Gasteiger partial charge is 0.303 e. The van der Waals surface area contributed by atoms with E-state index in [0.717, 1.165) is 30.5 Å². The van der Waals surface area contributed by atoms with Crippen molar-refractivity contribution in [3.63, 3.8) is 0 Å². The molecule has 1 nitrogen and oxygen atoms in total. The molecule has 2 aliphatic rings. The van der Waals surface area contributed by atoms with Gasteiger partial charge in [-0.25, -0.2) is 0 Å². The molecule has 0 aromatic heterocycles. The Hall–Kier alpha value is -1.11. The second-order valence-corrected chi connectivity index (χ2v) is 4.62. The van der Waals surface area contributed by atoms with E-state index in [0.29, 0.717) is 5.92 Å². The smallest absolute Gasteiger partial charge is 0.123 e. The van der Waals surface area contributed by atoms with Crippen LogP contribution in [-0.2, 0) is 4.79 Å². The molecule has 2 saturated carbocycles. The summed E-state index contributed by atoms with van der Waals surface area (Å²) in [4.78, 5) is 10.6. The van der Waals surface area contributed by atoms with Crippen LogP contribution in [0.5, 0.6) is 0 Å². The number of rotatable bonds is 3. The zero-order valence-electron chi connectivity index (χ0n) is 8.10. The Morgan fingerprint density at radius 1 is 1.07 bits per heavy atom. The molecule has 0 bridgehead atoms. The normalized spacial score (nSPS) is 39.1. The molecule has 0 radical (unpaired) electrons. The van der Waals surface area contributed by atoms with Crippen molar-refractivity contribution in [3.05, 3.63) is 35.9 Å². The van der Waals surface area contributed by atoms with Crippen LogP contribution in [0.3, 0.4) is 0 Å². The van der Waals surface area contributed by atoms with Gasteiger partial charge in [0.2, 0.25) is 0 Å². The number of carbonyl (C=O) groups is 1. The molecule has 2 fully saturated rings. The third kappa shape index (κ3) is 1.28. The molecule has 0 saturated heterocycles. The topological polar surface area (TPSA) is 17.1 Å². The lowest BCUT2D eigenvalue weighted by Crippen LogP contribution is -1.89. The summed E-state index contributed by atoms with van der Waals surface area (Å²) < 4.78 is 0. The van der Waals surface area contributed by atoms with Crippen molar-refractivity contribution in [2.24, 2.45) is 17.8 Å². The van der Waals surface area contributed by atoms with Gasteiger partial charge in [0.15, 0.2) is 0 Å². The average Bonchev–Trinajstić information content (AvgIpc) is 3.12. The predicted molar refractivity (Wildman–Crippen MR) is 55.0 cm³/mol. The first-order valence-corrected chi connectivity index (χ1v) is 5.40. The van der Waals surface area contributed by atoms with Crippen LogP contribution in [0.1, 0.15) is 24.3 Å². The van der Waals surface area contributed by atoms with Gasteiger partial charge >= 0.3 is 0 Å². The van der Waals surface area contributed by atoms with Gasteiger partial charge in [-0.3, -0.25) is 0 Å². The molecular formula is C13H14O. The molecule has 0 aliphatic heterocycles. The lowest BCUT2D eigenvalue weighted by atomic mass is 10.1. The summed E-state index contributed by atoms with van der Waals surface area (Å²) in [5, 5.41) is 0. The zero-order valence-corrected chi connectivity index (χ0v) is 8.10. The van der Waals surface area contributed by atoms with Crippen LogP contribution in [0.25, 0.3) is 0 Å². The van der Waals surface area contributed by atoms with Gasteiger partial charge in [-0.2, -0.15) is 0 Å².